The van der Waals surface area contributed by atoms with E-state index >= 15 is 0 Å². The van der Waals surface area contributed by atoms with E-state index in [1.807, 2.05) is 13.8 Å². The number of aliphatic carboxylic acids is 1. The molecule has 204 valence electrons. The fourth-order valence-electron chi connectivity index (χ4n) is 3.60. The lowest BCUT2D eigenvalue weighted by atomic mass is 9.77. The largest absolute Gasteiger partial charge is 0.478 e. The SMILES string of the molecule is C=C(C)C(=O)OC(C)Cc1ccc(C(C)(C)c2ccc(CC(C)OC(=O)C(=C)C)cc2)cc1.C=CC(=O)O. The highest BCUT2D eigenvalue weighted by Gasteiger charge is 2.23. The van der Waals surface area contributed by atoms with E-state index in [9.17, 15) is 14.4 Å². The van der Waals surface area contributed by atoms with Crippen LogP contribution in [0, 0.1) is 0 Å². The van der Waals surface area contributed by atoms with Crippen LogP contribution in [0.25, 0.3) is 0 Å². The van der Waals surface area contributed by atoms with Gasteiger partial charge in [0.1, 0.15) is 12.2 Å². The minimum atomic E-state index is -0.981. The van der Waals surface area contributed by atoms with Gasteiger partial charge in [0.15, 0.2) is 0 Å². The summed E-state index contributed by atoms with van der Waals surface area (Å²) in [7, 11) is 0. The zero-order valence-corrected chi connectivity index (χ0v) is 23.4. The normalized spacial score (nSPS) is 12.2. The molecule has 0 saturated carbocycles. The Morgan fingerprint density at radius 2 is 1.08 bits per heavy atom. The Balaban J connectivity index is 0.00000132. The molecule has 0 radical (unpaired) electrons. The second-order valence-corrected chi connectivity index (χ2v) is 9.96. The minimum Gasteiger partial charge on any atom is -0.478 e. The Labute approximate surface area is 226 Å². The van der Waals surface area contributed by atoms with E-state index in [0.717, 1.165) is 17.2 Å². The molecule has 38 heavy (non-hydrogen) atoms. The number of carboxylic acids is 1. The van der Waals surface area contributed by atoms with Crippen molar-refractivity contribution in [2.75, 3.05) is 0 Å². The molecular formula is C32H40O6. The Morgan fingerprint density at radius 3 is 1.32 bits per heavy atom. The van der Waals surface area contributed by atoms with Gasteiger partial charge in [0.2, 0.25) is 0 Å². The van der Waals surface area contributed by atoms with Gasteiger partial charge in [-0.15, -0.1) is 0 Å². The third kappa shape index (κ3) is 10.6. The maximum atomic E-state index is 11.7. The van der Waals surface area contributed by atoms with Gasteiger partial charge in [0.05, 0.1) is 0 Å². The van der Waals surface area contributed by atoms with Crippen molar-refractivity contribution in [3.05, 3.63) is 108 Å². The summed E-state index contributed by atoms with van der Waals surface area (Å²) < 4.78 is 10.8. The topological polar surface area (TPSA) is 89.9 Å². The molecule has 2 unspecified atom stereocenters. The number of hydrogen-bond acceptors (Lipinski definition) is 5. The molecule has 0 bridgehead atoms. The van der Waals surface area contributed by atoms with Crippen LogP contribution in [-0.4, -0.2) is 35.2 Å². The summed E-state index contributed by atoms with van der Waals surface area (Å²) in [6.45, 7) is 21.7. The molecule has 0 aliphatic rings. The lowest BCUT2D eigenvalue weighted by Crippen LogP contribution is -2.20. The van der Waals surface area contributed by atoms with Crippen LogP contribution in [0.2, 0.25) is 0 Å². The quantitative estimate of drug-likeness (QED) is 0.273. The minimum absolute atomic E-state index is 0.173. The summed E-state index contributed by atoms with van der Waals surface area (Å²) in [6.07, 6.45) is 1.72. The van der Waals surface area contributed by atoms with E-state index < -0.39 is 5.97 Å². The van der Waals surface area contributed by atoms with E-state index in [-0.39, 0.29) is 29.6 Å². The van der Waals surface area contributed by atoms with E-state index in [1.54, 1.807) is 13.8 Å². The van der Waals surface area contributed by atoms with E-state index in [4.69, 9.17) is 14.6 Å². The van der Waals surface area contributed by atoms with Crippen molar-refractivity contribution in [3.8, 4) is 0 Å². The second-order valence-electron chi connectivity index (χ2n) is 9.96. The van der Waals surface area contributed by atoms with E-state index in [0.29, 0.717) is 24.0 Å². The third-order valence-electron chi connectivity index (χ3n) is 5.89. The van der Waals surface area contributed by atoms with Gasteiger partial charge in [-0.3, -0.25) is 0 Å². The predicted octanol–water partition coefficient (Wildman–Crippen LogP) is 6.37. The van der Waals surface area contributed by atoms with Crippen LogP contribution in [0.15, 0.2) is 85.5 Å². The fraction of sp³-hybridized carbons (Fsp3) is 0.344. The summed E-state index contributed by atoms with van der Waals surface area (Å²) in [4.78, 5) is 32.6. The molecule has 0 amide bonds. The zero-order valence-electron chi connectivity index (χ0n) is 23.4. The molecule has 0 heterocycles. The summed E-state index contributed by atoms with van der Waals surface area (Å²) in [5.74, 6) is -1.69. The van der Waals surface area contributed by atoms with Gasteiger partial charge in [-0.05, 0) is 49.9 Å². The van der Waals surface area contributed by atoms with Crippen molar-refractivity contribution >= 4 is 17.9 Å². The van der Waals surface area contributed by atoms with Crippen molar-refractivity contribution in [1.29, 1.82) is 0 Å². The highest BCUT2D eigenvalue weighted by atomic mass is 16.5. The molecule has 0 saturated heterocycles. The molecule has 6 heteroatoms. The molecule has 2 rings (SSSR count). The van der Waals surface area contributed by atoms with Gasteiger partial charge in [-0.1, -0.05) is 82.1 Å². The molecule has 0 spiro atoms. The average molecular weight is 521 g/mol. The second kappa shape index (κ2) is 14.7. The number of rotatable bonds is 11. The first-order valence-electron chi connectivity index (χ1n) is 12.4. The summed E-state index contributed by atoms with van der Waals surface area (Å²) in [5.41, 5.74) is 5.28. The first-order chi connectivity index (χ1) is 17.7. The van der Waals surface area contributed by atoms with Crippen LogP contribution < -0.4 is 0 Å². The number of esters is 2. The van der Waals surface area contributed by atoms with Gasteiger partial charge in [0.25, 0.3) is 0 Å². The van der Waals surface area contributed by atoms with Gasteiger partial charge in [-0.2, -0.15) is 0 Å². The monoisotopic (exact) mass is 520 g/mol. The van der Waals surface area contributed by atoms with Gasteiger partial charge in [-0.25, -0.2) is 14.4 Å². The average Bonchev–Trinajstić information content (AvgIpc) is 2.84. The molecule has 0 aliphatic heterocycles. The van der Waals surface area contributed by atoms with Crippen LogP contribution in [0.3, 0.4) is 0 Å². The first kappa shape index (κ1) is 32.1. The molecule has 0 fully saturated rings. The predicted molar refractivity (Wildman–Crippen MR) is 151 cm³/mol. The number of carboxylic acid groups (broad SMARTS) is 1. The van der Waals surface area contributed by atoms with Crippen LogP contribution in [0.1, 0.15) is 63.8 Å². The number of carbonyl (C=O) groups excluding carboxylic acids is 2. The molecule has 6 nitrogen and oxygen atoms in total. The van der Waals surface area contributed by atoms with Crippen LogP contribution in [0.4, 0.5) is 0 Å². The summed E-state index contributed by atoms with van der Waals surface area (Å²) >= 11 is 0. The lowest BCUT2D eigenvalue weighted by molar-refractivity contribution is -0.144. The van der Waals surface area contributed by atoms with Crippen LogP contribution in [0.5, 0.6) is 0 Å². The van der Waals surface area contributed by atoms with Crippen LogP contribution >= 0.6 is 0 Å². The fourth-order valence-corrected chi connectivity index (χ4v) is 3.60. The van der Waals surface area contributed by atoms with Gasteiger partial charge >= 0.3 is 17.9 Å². The van der Waals surface area contributed by atoms with Gasteiger partial charge in [0, 0.05) is 35.5 Å². The Kier molecular flexibility index (Phi) is 12.4. The summed E-state index contributed by atoms with van der Waals surface area (Å²) in [5, 5.41) is 7.60. The van der Waals surface area contributed by atoms with E-state index in [2.05, 4.69) is 82.1 Å². The highest BCUT2D eigenvalue weighted by Crippen LogP contribution is 2.32. The molecule has 2 aromatic rings. The Bertz CT molecular complexity index is 1060. The molecule has 0 aliphatic carbocycles. The third-order valence-corrected chi connectivity index (χ3v) is 5.89. The van der Waals surface area contributed by atoms with E-state index in [1.165, 1.54) is 11.1 Å². The maximum Gasteiger partial charge on any atom is 0.333 e. The Hall–Kier alpha value is -3.93. The zero-order chi connectivity index (χ0) is 29.0. The molecule has 0 aromatic heterocycles. The number of ether oxygens (including phenoxy) is 2. The summed E-state index contributed by atoms with van der Waals surface area (Å²) in [6, 6.07) is 16.9. The van der Waals surface area contributed by atoms with Crippen molar-refractivity contribution in [2.45, 2.75) is 72.0 Å². The molecule has 2 aromatic carbocycles. The molecule has 2 atom stereocenters. The number of hydrogen-bond donors (Lipinski definition) is 1. The smallest absolute Gasteiger partial charge is 0.333 e. The lowest BCUT2D eigenvalue weighted by Gasteiger charge is -2.27. The van der Waals surface area contributed by atoms with Crippen LogP contribution in [-0.2, 0) is 42.1 Å². The highest BCUT2D eigenvalue weighted by molar-refractivity contribution is 5.87. The first-order valence-corrected chi connectivity index (χ1v) is 12.4. The van der Waals surface area contributed by atoms with Crippen molar-refractivity contribution in [1.82, 2.24) is 0 Å². The van der Waals surface area contributed by atoms with Gasteiger partial charge < -0.3 is 14.6 Å². The number of benzene rings is 2. The van der Waals surface area contributed by atoms with Crippen molar-refractivity contribution < 1.29 is 29.0 Å². The van der Waals surface area contributed by atoms with Crippen molar-refractivity contribution in [2.24, 2.45) is 0 Å². The number of carbonyl (C=O) groups is 3. The standard InChI is InChI=1S/C29H36O4.C3H4O2/c1-19(2)27(30)32-21(5)17-23-9-13-25(14-10-23)29(7,8)26-15-11-24(12-16-26)18-22(6)33-28(31)20(3)4;1-2-3(4)5/h9-16,21-22H,1,3,17-18H2,2,4-8H3;2H,1H2,(H,4,5). The molecular weight excluding hydrogens is 480 g/mol. The van der Waals surface area contributed by atoms with Crippen molar-refractivity contribution in [3.63, 3.8) is 0 Å². The Morgan fingerprint density at radius 1 is 0.789 bits per heavy atom. The molecule has 1 N–H and O–H groups in total. The maximum absolute atomic E-state index is 11.7.